The van der Waals surface area contributed by atoms with Gasteiger partial charge in [0.2, 0.25) is 0 Å². The lowest BCUT2D eigenvalue weighted by Gasteiger charge is -2.27. The molecule has 1 N–H and O–H groups in total. The Bertz CT molecular complexity index is 463. The Kier molecular flexibility index (Phi) is 4.84. The molecule has 1 fully saturated rings. The van der Waals surface area contributed by atoms with Crippen molar-refractivity contribution in [3.8, 4) is 5.75 Å². The van der Waals surface area contributed by atoms with Gasteiger partial charge in [-0.15, -0.1) is 0 Å². The van der Waals surface area contributed by atoms with Crippen molar-refractivity contribution < 1.29 is 4.74 Å². The van der Waals surface area contributed by atoms with Gasteiger partial charge in [0, 0.05) is 18.5 Å². The summed E-state index contributed by atoms with van der Waals surface area (Å²) in [6, 6.07) is 7.74. The highest BCUT2D eigenvalue weighted by Gasteiger charge is 2.21. The highest BCUT2D eigenvalue weighted by atomic mass is 16.5. The number of hydrogen-bond donors (Lipinski definition) is 1. The van der Waals surface area contributed by atoms with E-state index in [1.54, 1.807) is 0 Å². The van der Waals surface area contributed by atoms with Gasteiger partial charge in [0.25, 0.3) is 0 Å². The maximum absolute atomic E-state index is 5.60. The fourth-order valence-corrected chi connectivity index (χ4v) is 3.91. The van der Waals surface area contributed by atoms with E-state index in [2.05, 4.69) is 37.4 Å². The van der Waals surface area contributed by atoms with Gasteiger partial charge in [0.05, 0.1) is 6.61 Å². The predicted octanol–water partition coefficient (Wildman–Crippen LogP) is 4.63. The molecule has 116 valence electrons. The third-order valence-electron chi connectivity index (χ3n) is 5.33. The fourth-order valence-electron chi connectivity index (χ4n) is 3.91. The number of nitrogens with one attached hydrogen (secondary N) is 1. The summed E-state index contributed by atoms with van der Waals surface area (Å²) in [6.07, 6.45) is 9.57. The molecule has 2 aliphatic rings. The van der Waals surface area contributed by atoms with Gasteiger partial charge >= 0.3 is 0 Å². The number of rotatable bonds is 4. The maximum atomic E-state index is 5.60. The smallest absolute Gasteiger partial charge is 0.122 e. The molecule has 21 heavy (non-hydrogen) atoms. The van der Waals surface area contributed by atoms with Crippen LogP contribution in [0.2, 0.25) is 0 Å². The summed E-state index contributed by atoms with van der Waals surface area (Å²) in [4.78, 5) is 0. The maximum Gasteiger partial charge on any atom is 0.122 e. The zero-order valence-electron chi connectivity index (χ0n) is 13.5. The molecule has 1 aliphatic heterocycles. The largest absolute Gasteiger partial charge is 0.493 e. The van der Waals surface area contributed by atoms with Gasteiger partial charge < -0.3 is 10.1 Å². The van der Waals surface area contributed by atoms with Crippen LogP contribution in [0.3, 0.4) is 0 Å². The summed E-state index contributed by atoms with van der Waals surface area (Å²) in [7, 11) is 0. The SMILES string of the molecule is CC(N[C@@H](C)C1CCCCCC1)c1ccc2c(c1)CCO2. The minimum atomic E-state index is 0.425. The van der Waals surface area contributed by atoms with Gasteiger partial charge in [0.1, 0.15) is 5.75 Å². The van der Waals surface area contributed by atoms with E-state index in [1.165, 1.54) is 49.7 Å². The molecular weight excluding hydrogens is 258 g/mol. The monoisotopic (exact) mass is 287 g/mol. The average molecular weight is 287 g/mol. The summed E-state index contributed by atoms with van der Waals surface area (Å²) in [5, 5.41) is 3.84. The van der Waals surface area contributed by atoms with Gasteiger partial charge in [-0.3, -0.25) is 0 Å². The van der Waals surface area contributed by atoms with E-state index in [9.17, 15) is 0 Å². The molecule has 1 aromatic carbocycles. The van der Waals surface area contributed by atoms with Crippen LogP contribution in [0.4, 0.5) is 0 Å². The minimum Gasteiger partial charge on any atom is -0.493 e. The molecule has 1 heterocycles. The van der Waals surface area contributed by atoms with E-state index >= 15 is 0 Å². The molecule has 0 aromatic heterocycles. The average Bonchev–Trinajstić information content (AvgIpc) is 2.78. The molecule has 1 aliphatic carbocycles. The Labute approximate surface area is 129 Å². The zero-order valence-corrected chi connectivity index (χ0v) is 13.5. The molecule has 2 heteroatoms. The number of hydrogen-bond acceptors (Lipinski definition) is 2. The van der Waals surface area contributed by atoms with Gasteiger partial charge in [0.15, 0.2) is 0 Å². The molecule has 1 unspecified atom stereocenters. The van der Waals surface area contributed by atoms with Crippen LogP contribution in [-0.2, 0) is 6.42 Å². The highest BCUT2D eigenvalue weighted by Crippen LogP contribution is 2.30. The molecule has 0 radical (unpaired) electrons. The van der Waals surface area contributed by atoms with Crippen molar-refractivity contribution in [3.05, 3.63) is 29.3 Å². The number of benzene rings is 1. The van der Waals surface area contributed by atoms with E-state index in [-0.39, 0.29) is 0 Å². The normalized spacial score (nSPS) is 22.2. The molecule has 2 atom stereocenters. The molecule has 0 amide bonds. The van der Waals surface area contributed by atoms with Crippen molar-refractivity contribution in [2.24, 2.45) is 5.92 Å². The summed E-state index contributed by atoms with van der Waals surface area (Å²) < 4.78 is 5.60. The first-order valence-corrected chi connectivity index (χ1v) is 8.75. The van der Waals surface area contributed by atoms with E-state index < -0.39 is 0 Å². The quantitative estimate of drug-likeness (QED) is 0.815. The Morgan fingerprint density at radius 1 is 1.10 bits per heavy atom. The van der Waals surface area contributed by atoms with E-state index in [1.807, 2.05) is 0 Å². The first kappa shape index (κ1) is 14.9. The van der Waals surface area contributed by atoms with Gasteiger partial charge in [-0.2, -0.15) is 0 Å². The summed E-state index contributed by atoms with van der Waals surface area (Å²) >= 11 is 0. The molecule has 2 nitrogen and oxygen atoms in total. The van der Waals surface area contributed by atoms with Crippen LogP contribution < -0.4 is 10.1 Å². The molecule has 0 saturated heterocycles. The van der Waals surface area contributed by atoms with Crippen molar-refractivity contribution in [1.82, 2.24) is 5.32 Å². The van der Waals surface area contributed by atoms with Crippen molar-refractivity contribution in [2.45, 2.75) is 70.9 Å². The second-order valence-corrected chi connectivity index (χ2v) is 6.89. The zero-order chi connectivity index (χ0) is 14.7. The molecule has 0 spiro atoms. The first-order valence-electron chi connectivity index (χ1n) is 8.75. The Morgan fingerprint density at radius 3 is 2.62 bits per heavy atom. The molecule has 1 saturated carbocycles. The predicted molar refractivity (Wildman–Crippen MR) is 87.8 cm³/mol. The Balaban J connectivity index is 1.61. The van der Waals surface area contributed by atoms with Crippen LogP contribution in [0, 0.1) is 5.92 Å². The Morgan fingerprint density at radius 2 is 1.86 bits per heavy atom. The van der Waals surface area contributed by atoms with Crippen LogP contribution >= 0.6 is 0 Å². The highest BCUT2D eigenvalue weighted by molar-refractivity contribution is 5.40. The van der Waals surface area contributed by atoms with E-state index in [0.29, 0.717) is 12.1 Å². The van der Waals surface area contributed by atoms with Gasteiger partial charge in [-0.25, -0.2) is 0 Å². The third kappa shape index (κ3) is 3.60. The van der Waals surface area contributed by atoms with Crippen molar-refractivity contribution in [1.29, 1.82) is 0 Å². The lowest BCUT2D eigenvalue weighted by Crippen LogP contribution is -2.35. The Hall–Kier alpha value is -1.02. The van der Waals surface area contributed by atoms with Crippen LogP contribution in [0.15, 0.2) is 18.2 Å². The molecule has 0 bridgehead atoms. The molecule has 3 rings (SSSR count). The second-order valence-electron chi connectivity index (χ2n) is 6.89. The summed E-state index contributed by atoms with van der Waals surface area (Å²) in [6.45, 7) is 5.52. The fraction of sp³-hybridized carbons (Fsp3) is 0.684. The standard InChI is InChI=1S/C19H29NO/c1-14(16-7-5-3-4-6-8-16)20-15(2)17-9-10-19-18(13-17)11-12-21-19/h9-10,13-16,20H,3-8,11-12H2,1-2H3/t14-,15?/m0/s1. The van der Waals surface area contributed by atoms with E-state index in [0.717, 1.165) is 24.7 Å². The summed E-state index contributed by atoms with van der Waals surface area (Å²) in [5.74, 6) is 1.94. The lowest BCUT2D eigenvalue weighted by molar-refractivity contribution is 0.316. The molecule has 1 aromatic rings. The van der Waals surface area contributed by atoms with Crippen molar-refractivity contribution >= 4 is 0 Å². The summed E-state index contributed by atoms with van der Waals surface area (Å²) in [5.41, 5.74) is 2.78. The van der Waals surface area contributed by atoms with Gasteiger partial charge in [-0.1, -0.05) is 37.8 Å². The first-order chi connectivity index (χ1) is 10.2. The van der Waals surface area contributed by atoms with Crippen LogP contribution in [0.5, 0.6) is 5.75 Å². The topological polar surface area (TPSA) is 21.3 Å². The van der Waals surface area contributed by atoms with E-state index in [4.69, 9.17) is 4.74 Å². The number of fused-ring (bicyclic) bond motifs is 1. The van der Waals surface area contributed by atoms with Gasteiger partial charge in [-0.05, 0) is 49.8 Å². The van der Waals surface area contributed by atoms with Crippen LogP contribution in [0.1, 0.15) is 69.5 Å². The third-order valence-corrected chi connectivity index (χ3v) is 5.33. The molecular formula is C19H29NO. The van der Waals surface area contributed by atoms with Crippen LogP contribution in [-0.4, -0.2) is 12.6 Å². The minimum absolute atomic E-state index is 0.425. The van der Waals surface area contributed by atoms with Crippen molar-refractivity contribution in [3.63, 3.8) is 0 Å². The van der Waals surface area contributed by atoms with Crippen molar-refractivity contribution in [2.75, 3.05) is 6.61 Å². The second kappa shape index (κ2) is 6.83. The van der Waals surface area contributed by atoms with Crippen LogP contribution in [0.25, 0.3) is 0 Å². The number of ether oxygens (including phenoxy) is 1. The lowest BCUT2D eigenvalue weighted by atomic mass is 9.92.